The number of amides is 1. The van der Waals surface area contributed by atoms with Crippen LogP contribution in [0.15, 0.2) is 75.8 Å². The van der Waals surface area contributed by atoms with Gasteiger partial charge in [-0.3, -0.25) is 9.59 Å². The molecule has 0 unspecified atom stereocenters. The molecule has 194 valence electrons. The minimum absolute atomic E-state index is 0.00154. The predicted molar refractivity (Wildman–Crippen MR) is 134 cm³/mol. The zero-order valence-electron chi connectivity index (χ0n) is 20.2. The lowest BCUT2D eigenvalue weighted by Crippen LogP contribution is -2.38. The van der Waals surface area contributed by atoms with Gasteiger partial charge in [-0.1, -0.05) is 36.4 Å². The number of aliphatic hydroxyl groups is 2. The highest BCUT2D eigenvalue weighted by Crippen LogP contribution is 2.34. The van der Waals surface area contributed by atoms with Gasteiger partial charge in [0.15, 0.2) is 11.2 Å². The van der Waals surface area contributed by atoms with Crippen LogP contribution in [0.4, 0.5) is 0 Å². The number of hydrogen-bond acceptors (Lipinski definition) is 8. The Bertz CT molecular complexity index is 1350. The van der Waals surface area contributed by atoms with Gasteiger partial charge in [-0.25, -0.2) is 0 Å². The fourth-order valence-electron chi connectivity index (χ4n) is 4.85. The molecule has 3 N–H and O–H groups in total. The molecule has 0 saturated heterocycles. The lowest BCUT2D eigenvalue weighted by molar-refractivity contribution is -0.152. The molecule has 0 bridgehead atoms. The third-order valence-corrected chi connectivity index (χ3v) is 6.64. The van der Waals surface area contributed by atoms with Crippen LogP contribution in [0.2, 0.25) is 0 Å². The van der Waals surface area contributed by atoms with E-state index in [4.69, 9.17) is 23.7 Å². The Morgan fingerprint density at radius 2 is 1.86 bits per heavy atom. The molecule has 0 fully saturated rings. The van der Waals surface area contributed by atoms with Gasteiger partial charge in [-0.05, 0) is 29.3 Å². The number of allylic oxidation sites excluding steroid dienone is 1. The topological polar surface area (TPSA) is 127 Å². The average Bonchev–Trinajstić information content (AvgIpc) is 3.23. The Morgan fingerprint density at radius 1 is 1.05 bits per heavy atom. The SMILES string of the molecule is O=C(N[C@H]1c2ccccc2C[C@H]1O)C1=C[C@H](c2coc3ccccc3c2=O)C[C@H](OCCOCCO)O1. The lowest BCUT2D eigenvalue weighted by atomic mass is 9.93. The monoisotopic (exact) mass is 507 g/mol. The summed E-state index contributed by atoms with van der Waals surface area (Å²) in [6.07, 6.45) is 2.18. The Kier molecular flexibility index (Phi) is 7.66. The van der Waals surface area contributed by atoms with Crippen LogP contribution in [-0.2, 0) is 25.4 Å². The van der Waals surface area contributed by atoms with Gasteiger partial charge >= 0.3 is 0 Å². The van der Waals surface area contributed by atoms with Crippen molar-refractivity contribution in [2.75, 3.05) is 26.4 Å². The molecular weight excluding hydrogens is 478 g/mol. The normalized spacial score (nSPS) is 22.8. The molecular formula is C28H29NO8. The molecule has 2 heterocycles. The number of nitrogens with one attached hydrogen (secondary N) is 1. The van der Waals surface area contributed by atoms with Crippen LogP contribution in [0.5, 0.6) is 0 Å². The predicted octanol–water partition coefficient (Wildman–Crippen LogP) is 2.31. The number of rotatable bonds is 9. The van der Waals surface area contributed by atoms with E-state index in [1.807, 2.05) is 24.3 Å². The van der Waals surface area contributed by atoms with Gasteiger partial charge in [0.05, 0.1) is 50.2 Å². The molecule has 2 aliphatic rings. The first-order valence-electron chi connectivity index (χ1n) is 12.3. The third kappa shape index (κ3) is 5.45. The second kappa shape index (κ2) is 11.3. The summed E-state index contributed by atoms with van der Waals surface area (Å²) in [5, 5.41) is 22.8. The summed E-state index contributed by atoms with van der Waals surface area (Å²) >= 11 is 0. The molecule has 0 saturated carbocycles. The Balaban J connectivity index is 1.40. The second-order valence-corrected chi connectivity index (χ2v) is 9.07. The van der Waals surface area contributed by atoms with E-state index in [0.717, 1.165) is 11.1 Å². The quantitative estimate of drug-likeness (QED) is 0.377. The Hall–Kier alpha value is -3.50. The maximum atomic E-state index is 13.3. The molecule has 4 atom stereocenters. The van der Waals surface area contributed by atoms with Gasteiger partial charge in [0.1, 0.15) is 5.58 Å². The number of carbonyl (C=O) groups excluding carboxylic acids is 1. The highest BCUT2D eigenvalue weighted by molar-refractivity contribution is 5.92. The van der Waals surface area contributed by atoms with Crippen LogP contribution >= 0.6 is 0 Å². The molecule has 0 spiro atoms. The molecule has 0 radical (unpaired) electrons. The number of ether oxygens (including phenoxy) is 3. The molecule has 5 rings (SSSR count). The molecule has 1 aliphatic heterocycles. The van der Waals surface area contributed by atoms with Crippen molar-refractivity contribution in [3.63, 3.8) is 0 Å². The van der Waals surface area contributed by atoms with E-state index in [0.29, 0.717) is 23.0 Å². The summed E-state index contributed by atoms with van der Waals surface area (Å²) in [5.41, 5.74) is 2.53. The van der Waals surface area contributed by atoms with Crippen molar-refractivity contribution in [1.82, 2.24) is 5.32 Å². The molecule has 3 aromatic rings. The summed E-state index contributed by atoms with van der Waals surface area (Å²) in [6, 6.07) is 14.0. The molecule has 37 heavy (non-hydrogen) atoms. The van der Waals surface area contributed by atoms with Crippen molar-refractivity contribution in [3.8, 4) is 0 Å². The molecule has 1 aliphatic carbocycles. The van der Waals surface area contributed by atoms with Crippen molar-refractivity contribution < 1.29 is 33.6 Å². The van der Waals surface area contributed by atoms with Crippen molar-refractivity contribution >= 4 is 16.9 Å². The van der Waals surface area contributed by atoms with E-state index >= 15 is 0 Å². The summed E-state index contributed by atoms with van der Waals surface area (Å²) < 4.78 is 22.6. The van der Waals surface area contributed by atoms with E-state index in [2.05, 4.69) is 5.32 Å². The van der Waals surface area contributed by atoms with E-state index in [-0.39, 0.29) is 44.0 Å². The Labute approximate surface area is 213 Å². The zero-order chi connectivity index (χ0) is 25.8. The summed E-state index contributed by atoms with van der Waals surface area (Å²) in [7, 11) is 0. The van der Waals surface area contributed by atoms with Crippen LogP contribution in [0.3, 0.4) is 0 Å². The minimum atomic E-state index is -0.819. The van der Waals surface area contributed by atoms with Crippen LogP contribution in [0.1, 0.15) is 35.1 Å². The largest absolute Gasteiger partial charge is 0.464 e. The summed E-state index contributed by atoms with van der Waals surface area (Å²) in [6.45, 7) is 0.504. The zero-order valence-corrected chi connectivity index (χ0v) is 20.2. The standard InChI is InChI=1S/C28H29NO8/c30-9-10-34-11-12-35-25-15-18(21-16-36-23-8-4-3-7-20(23)27(21)32)14-24(37-25)28(33)29-26-19-6-2-1-5-17(19)13-22(26)31/h1-8,14,16,18,22,25-26,30-31H,9-13,15H2,(H,29,33)/t18-,22+,25+,26-/m0/s1. The first-order chi connectivity index (χ1) is 18.0. The van der Waals surface area contributed by atoms with Gasteiger partial charge < -0.3 is 34.2 Å². The second-order valence-electron chi connectivity index (χ2n) is 9.07. The number of carbonyl (C=O) groups is 1. The molecule has 1 amide bonds. The Morgan fingerprint density at radius 3 is 2.73 bits per heavy atom. The molecule has 2 aromatic carbocycles. The third-order valence-electron chi connectivity index (χ3n) is 6.64. The molecule has 1 aromatic heterocycles. The van der Waals surface area contributed by atoms with Crippen molar-refractivity contribution in [3.05, 3.63) is 93.5 Å². The fraction of sp³-hybridized carbons (Fsp3) is 0.357. The minimum Gasteiger partial charge on any atom is -0.464 e. The van der Waals surface area contributed by atoms with E-state index in [1.165, 1.54) is 6.26 Å². The van der Waals surface area contributed by atoms with Gasteiger partial charge in [-0.15, -0.1) is 0 Å². The maximum Gasteiger partial charge on any atom is 0.286 e. The number of para-hydroxylation sites is 1. The van der Waals surface area contributed by atoms with Crippen molar-refractivity contribution in [2.45, 2.75) is 37.2 Å². The van der Waals surface area contributed by atoms with Gasteiger partial charge in [0.25, 0.3) is 5.91 Å². The van der Waals surface area contributed by atoms with Gasteiger partial charge in [0.2, 0.25) is 6.29 Å². The maximum absolute atomic E-state index is 13.3. The van der Waals surface area contributed by atoms with Crippen molar-refractivity contribution in [2.24, 2.45) is 0 Å². The highest BCUT2D eigenvalue weighted by atomic mass is 16.7. The summed E-state index contributed by atoms with van der Waals surface area (Å²) in [4.78, 5) is 26.6. The van der Waals surface area contributed by atoms with E-state index in [1.54, 1.807) is 30.3 Å². The lowest BCUT2D eigenvalue weighted by Gasteiger charge is -2.29. The van der Waals surface area contributed by atoms with Crippen LogP contribution in [-0.4, -0.2) is 54.9 Å². The number of hydrogen-bond donors (Lipinski definition) is 3. The van der Waals surface area contributed by atoms with Crippen LogP contribution in [0, 0.1) is 0 Å². The van der Waals surface area contributed by atoms with Crippen molar-refractivity contribution in [1.29, 1.82) is 0 Å². The van der Waals surface area contributed by atoms with E-state index in [9.17, 15) is 14.7 Å². The first-order valence-corrected chi connectivity index (χ1v) is 12.3. The van der Waals surface area contributed by atoms with Crippen LogP contribution < -0.4 is 10.7 Å². The number of benzene rings is 2. The summed E-state index contributed by atoms with van der Waals surface area (Å²) in [5.74, 6) is -1.01. The number of fused-ring (bicyclic) bond motifs is 2. The smallest absolute Gasteiger partial charge is 0.286 e. The number of aliphatic hydroxyl groups excluding tert-OH is 2. The highest BCUT2D eigenvalue weighted by Gasteiger charge is 2.35. The fourth-order valence-corrected chi connectivity index (χ4v) is 4.85. The molecule has 9 heteroatoms. The van der Waals surface area contributed by atoms with Crippen LogP contribution in [0.25, 0.3) is 11.0 Å². The molecule has 9 nitrogen and oxygen atoms in total. The average molecular weight is 508 g/mol. The van der Waals surface area contributed by atoms with Gasteiger partial charge in [0, 0.05) is 24.3 Å². The van der Waals surface area contributed by atoms with Gasteiger partial charge in [-0.2, -0.15) is 0 Å². The first kappa shape index (κ1) is 25.2. The van der Waals surface area contributed by atoms with E-state index < -0.39 is 30.3 Å².